The van der Waals surface area contributed by atoms with E-state index in [1.165, 1.54) is 0 Å². The molecule has 3 rings (SSSR count). The predicted molar refractivity (Wildman–Crippen MR) is 91.9 cm³/mol. The molecular weight excluding hydrogens is 312 g/mol. The molecule has 0 aliphatic carbocycles. The second kappa shape index (κ2) is 5.53. The predicted octanol–water partition coefficient (Wildman–Crippen LogP) is 2.82. The Kier molecular flexibility index (Phi) is 3.80. The Morgan fingerprint density at radius 3 is 2.52 bits per heavy atom. The molecule has 0 bridgehead atoms. The van der Waals surface area contributed by atoms with E-state index < -0.39 is 10.0 Å². The quantitative estimate of drug-likeness (QED) is 0.835. The van der Waals surface area contributed by atoms with Gasteiger partial charge in [0.1, 0.15) is 11.4 Å². The van der Waals surface area contributed by atoms with Crippen LogP contribution in [0.4, 0.5) is 0 Å². The van der Waals surface area contributed by atoms with Gasteiger partial charge in [0.15, 0.2) is 5.84 Å². The van der Waals surface area contributed by atoms with E-state index in [0.717, 1.165) is 16.9 Å². The molecule has 0 amide bonds. The minimum Gasteiger partial charge on any atom is -0.488 e. The van der Waals surface area contributed by atoms with Crippen LogP contribution in [0.5, 0.6) is 5.75 Å². The van der Waals surface area contributed by atoms with Crippen molar-refractivity contribution in [2.45, 2.75) is 26.4 Å². The molecule has 0 radical (unpaired) electrons. The number of amidine groups is 1. The summed E-state index contributed by atoms with van der Waals surface area (Å²) in [6.07, 6.45) is 5.65. The van der Waals surface area contributed by atoms with Crippen molar-refractivity contribution in [3.63, 3.8) is 0 Å². The van der Waals surface area contributed by atoms with E-state index in [-0.39, 0.29) is 11.4 Å². The summed E-state index contributed by atoms with van der Waals surface area (Å²) in [7, 11) is -3.38. The molecule has 0 N–H and O–H groups in total. The van der Waals surface area contributed by atoms with Crippen LogP contribution >= 0.6 is 0 Å². The molecule has 1 aromatic carbocycles. The van der Waals surface area contributed by atoms with Crippen LogP contribution in [0.2, 0.25) is 0 Å². The lowest BCUT2D eigenvalue weighted by Gasteiger charge is -2.29. The zero-order chi connectivity index (χ0) is 16.7. The Morgan fingerprint density at radius 1 is 1.17 bits per heavy atom. The molecule has 2 heterocycles. The second-order valence-electron chi connectivity index (χ2n) is 6.56. The Labute approximate surface area is 137 Å². The number of benzene rings is 1. The number of nitrogens with zero attached hydrogens (tertiary/aromatic N) is 2. The molecule has 1 aromatic rings. The average Bonchev–Trinajstić information content (AvgIpc) is 2.45. The minimum atomic E-state index is -3.38. The van der Waals surface area contributed by atoms with E-state index in [0.29, 0.717) is 12.4 Å². The molecule has 23 heavy (non-hydrogen) atoms. The van der Waals surface area contributed by atoms with Crippen LogP contribution in [0.25, 0.3) is 5.57 Å². The summed E-state index contributed by atoms with van der Waals surface area (Å²) >= 11 is 0. The van der Waals surface area contributed by atoms with Crippen LogP contribution in [0.1, 0.15) is 26.3 Å². The van der Waals surface area contributed by atoms with Crippen molar-refractivity contribution in [1.29, 1.82) is 0 Å². The van der Waals surface area contributed by atoms with Gasteiger partial charge in [0.2, 0.25) is 0 Å². The van der Waals surface area contributed by atoms with Crippen molar-refractivity contribution in [3.8, 4) is 5.75 Å². The first-order chi connectivity index (χ1) is 10.7. The lowest BCUT2D eigenvalue weighted by Crippen LogP contribution is -2.37. The topological polar surface area (TPSA) is 59.0 Å². The number of hydrogen-bond acceptors (Lipinski definition) is 4. The van der Waals surface area contributed by atoms with Crippen LogP contribution in [0.3, 0.4) is 0 Å². The molecule has 0 fully saturated rings. The third-order valence-electron chi connectivity index (χ3n) is 3.45. The maximum Gasteiger partial charge on any atom is 0.256 e. The van der Waals surface area contributed by atoms with Gasteiger partial charge in [-0.15, -0.1) is 4.40 Å². The fourth-order valence-corrected chi connectivity index (χ4v) is 3.48. The Hall–Kier alpha value is -2.08. The van der Waals surface area contributed by atoms with Gasteiger partial charge in [-0.2, -0.15) is 0 Å². The van der Waals surface area contributed by atoms with E-state index in [1.807, 2.05) is 68.3 Å². The van der Waals surface area contributed by atoms with Crippen LogP contribution in [0.15, 0.2) is 47.0 Å². The summed E-state index contributed by atoms with van der Waals surface area (Å²) in [5, 5.41) is 0. The fourth-order valence-electron chi connectivity index (χ4n) is 2.50. The van der Waals surface area contributed by atoms with Gasteiger partial charge in [-0.3, -0.25) is 0 Å². The normalized spacial score (nSPS) is 19.7. The summed E-state index contributed by atoms with van der Waals surface area (Å²) in [5.41, 5.74) is 1.46. The first-order valence-electron chi connectivity index (χ1n) is 7.51. The zero-order valence-corrected chi connectivity index (χ0v) is 14.3. The van der Waals surface area contributed by atoms with Crippen molar-refractivity contribution in [2.75, 3.05) is 12.3 Å². The highest BCUT2D eigenvalue weighted by Crippen LogP contribution is 2.27. The van der Waals surface area contributed by atoms with Gasteiger partial charge in [0.05, 0.1) is 5.75 Å². The van der Waals surface area contributed by atoms with Gasteiger partial charge in [-0.1, -0.05) is 12.1 Å². The van der Waals surface area contributed by atoms with Crippen molar-refractivity contribution in [1.82, 2.24) is 4.90 Å². The number of rotatable bonds is 2. The van der Waals surface area contributed by atoms with E-state index >= 15 is 0 Å². The number of fused-ring (bicyclic) bond motifs is 1. The van der Waals surface area contributed by atoms with Crippen molar-refractivity contribution in [2.24, 2.45) is 4.40 Å². The average molecular weight is 332 g/mol. The van der Waals surface area contributed by atoms with Gasteiger partial charge >= 0.3 is 0 Å². The summed E-state index contributed by atoms with van der Waals surface area (Å²) in [5.74, 6) is 1.32. The van der Waals surface area contributed by atoms with Gasteiger partial charge in [0, 0.05) is 18.3 Å². The van der Waals surface area contributed by atoms with E-state index in [1.54, 1.807) is 0 Å². The smallest absolute Gasteiger partial charge is 0.256 e. The molecule has 0 atom stereocenters. The standard InChI is InChI=1S/C17H20N2O3S/c1-17(2,3)22-14-8-6-13(7-9-14)15-5-4-10-19-11-12-23(20,21)18-16(15)19/h4-10H,11-12H2,1-3H3. The maximum atomic E-state index is 11.8. The molecular formula is C17H20N2O3S. The monoisotopic (exact) mass is 332 g/mol. The summed E-state index contributed by atoms with van der Waals surface area (Å²) < 4.78 is 33.4. The SMILES string of the molecule is CC(C)(C)Oc1ccc(C2=CC=CN3CCS(=O)(=O)N=C23)cc1. The third-order valence-corrected chi connectivity index (χ3v) is 4.60. The highest BCUT2D eigenvalue weighted by molar-refractivity contribution is 7.90. The number of sulfonamides is 1. The summed E-state index contributed by atoms with van der Waals surface area (Å²) in [4.78, 5) is 1.87. The molecule has 122 valence electrons. The minimum absolute atomic E-state index is 0.0481. The van der Waals surface area contributed by atoms with Crippen LogP contribution in [-0.2, 0) is 10.0 Å². The third kappa shape index (κ3) is 3.64. The summed E-state index contributed by atoms with van der Waals surface area (Å²) in [6, 6.07) is 7.63. The molecule has 0 saturated heterocycles. The van der Waals surface area contributed by atoms with Crippen molar-refractivity contribution in [3.05, 3.63) is 48.2 Å². The molecule has 5 nitrogen and oxygen atoms in total. The molecule has 0 saturated carbocycles. The second-order valence-corrected chi connectivity index (χ2v) is 8.31. The molecule has 0 unspecified atom stereocenters. The van der Waals surface area contributed by atoms with E-state index in [9.17, 15) is 8.42 Å². The van der Waals surface area contributed by atoms with Gasteiger partial charge < -0.3 is 9.64 Å². The van der Waals surface area contributed by atoms with Gasteiger partial charge in [0.25, 0.3) is 10.0 Å². The molecule has 2 aliphatic rings. The van der Waals surface area contributed by atoms with Crippen molar-refractivity contribution >= 4 is 21.4 Å². The Morgan fingerprint density at radius 2 is 1.87 bits per heavy atom. The van der Waals surface area contributed by atoms with Crippen LogP contribution < -0.4 is 4.74 Å². The molecule has 0 aromatic heterocycles. The largest absolute Gasteiger partial charge is 0.488 e. The summed E-state index contributed by atoms with van der Waals surface area (Å²) in [6.45, 7) is 6.42. The van der Waals surface area contributed by atoms with Gasteiger partial charge in [-0.05, 0) is 50.6 Å². The van der Waals surface area contributed by atoms with Gasteiger partial charge in [-0.25, -0.2) is 8.42 Å². The fraction of sp³-hybridized carbons (Fsp3) is 0.353. The first kappa shape index (κ1) is 15.8. The van der Waals surface area contributed by atoms with E-state index in [2.05, 4.69) is 4.40 Å². The molecule has 6 heteroatoms. The molecule has 0 spiro atoms. The number of ether oxygens (including phenoxy) is 1. The maximum absolute atomic E-state index is 11.8. The first-order valence-corrected chi connectivity index (χ1v) is 9.12. The van der Waals surface area contributed by atoms with Crippen LogP contribution in [-0.4, -0.2) is 37.1 Å². The van der Waals surface area contributed by atoms with E-state index in [4.69, 9.17) is 4.74 Å². The van der Waals surface area contributed by atoms with Crippen molar-refractivity contribution < 1.29 is 13.2 Å². The van der Waals surface area contributed by atoms with Crippen LogP contribution in [0, 0.1) is 0 Å². The lowest BCUT2D eigenvalue weighted by atomic mass is 10.0. The number of hydrogen-bond donors (Lipinski definition) is 0. The zero-order valence-electron chi connectivity index (χ0n) is 13.5. The molecule has 2 aliphatic heterocycles. The highest BCUT2D eigenvalue weighted by Gasteiger charge is 2.27. The number of allylic oxidation sites excluding steroid dienone is 2. The Bertz CT molecular complexity index is 797. The lowest BCUT2D eigenvalue weighted by molar-refractivity contribution is 0.131. The Balaban J connectivity index is 1.93. The highest BCUT2D eigenvalue weighted by atomic mass is 32.2.